The van der Waals surface area contributed by atoms with Crippen molar-refractivity contribution in [1.82, 2.24) is 4.90 Å². The number of hydrogen-bond donors (Lipinski definition) is 0. The summed E-state index contributed by atoms with van der Waals surface area (Å²) in [4.78, 5) is 15.9. The second kappa shape index (κ2) is 3.96. The largest absolute Gasteiger partial charge is 0.336 e. The van der Waals surface area contributed by atoms with E-state index in [1.54, 1.807) is 17.0 Å². The van der Waals surface area contributed by atoms with Crippen LogP contribution in [0.5, 0.6) is 0 Å². The van der Waals surface area contributed by atoms with Crippen LogP contribution in [0.3, 0.4) is 0 Å². The standard InChI is InChI=1S/C12H11ClN2OS/c13-8-3-5-9(6-4-8)15-11(16)10-2-1-7-14(10)12(15)17/h3-6,10H,1-2,7H2/t10-/m1/s1. The Morgan fingerprint density at radius 2 is 2.00 bits per heavy atom. The number of fused-ring (bicyclic) bond motifs is 1. The zero-order valence-electron chi connectivity index (χ0n) is 9.10. The third-order valence-corrected chi connectivity index (χ3v) is 3.95. The minimum Gasteiger partial charge on any atom is -0.336 e. The van der Waals surface area contributed by atoms with Crippen LogP contribution in [0.15, 0.2) is 24.3 Å². The smallest absolute Gasteiger partial charge is 0.256 e. The number of nitrogens with zero attached hydrogens (tertiary/aromatic N) is 2. The maximum Gasteiger partial charge on any atom is 0.256 e. The molecule has 0 saturated carbocycles. The van der Waals surface area contributed by atoms with Gasteiger partial charge in [0.05, 0.1) is 5.69 Å². The summed E-state index contributed by atoms with van der Waals surface area (Å²) in [5.74, 6) is 0.0924. The highest BCUT2D eigenvalue weighted by atomic mass is 35.5. The van der Waals surface area contributed by atoms with Crippen molar-refractivity contribution in [1.29, 1.82) is 0 Å². The van der Waals surface area contributed by atoms with Gasteiger partial charge in [-0.15, -0.1) is 0 Å². The van der Waals surface area contributed by atoms with Gasteiger partial charge in [-0.05, 0) is 49.3 Å². The summed E-state index contributed by atoms with van der Waals surface area (Å²) in [5.41, 5.74) is 0.804. The molecule has 17 heavy (non-hydrogen) atoms. The van der Waals surface area contributed by atoms with Crippen molar-refractivity contribution in [2.75, 3.05) is 11.4 Å². The van der Waals surface area contributed by atoms with Crippen LogP contribution in [0, 0.1) is 0 Å². The highest BCUT2D eigenvalue weighted by Gasteiger charge is 2.45. The molecule has 0 unspecified atom stereocenters. The maximum absolute atomic E-state index is 12.2. The number of hydrogen-bond acceptors (Lipinski definition) is 2. The van der Waals surface area contributed by atoms with Crippen LogP contribution in [0.2, 0.25) is 5.02 Å². The van der Waals surface area contributed by atoms with Crippen molar-refractivity contribution in [3.8, 4) is 0 Å². The van der Waals surface area contributed by atoms with E-state index in [-0.39, 0.29) is 11.9 Å². The molecule has 2 aliphatic rings. The number of carbonyl (C=O) groups is 1. The Kier molecular flexibility index (Phi) is 2.56. The Morgan fingerprint density at radius 1 is 1.29 bits per heavy atom. The van der Waals surface area contributed by atoms with Crippen LogP contribution >= 0.6 is 23.8 Å². The highest BCUT2D eigenvalue weighted by Crippen LogP contribution is 2.31. The molecule has 1 amide bonds. The number of amides is 1. The zero-order chi connectivity index (χ0) is 12.0. The molecule has 1 aromatic carbocycles. The zero-order valence-corrected chi connectivity index (χ0v) is 10.7. The van der Waals surface area contributed by atoms with E-state index in [1.165, 1.54) is 0 Å². The summed E-state index contributed by atoms with van der Waals surface area (Å²) >= 11 is 11.2. The van der Waals surface area contributed by atoms with Crippen molar-refractivity contribution in [2.45, 2.75) is 18.9 Å². The Labute approximate surface area is 110 Å². The van der Waals surface area contributed by atoms with Crippen molar-refractivity contribution in [3.63, 3.8) is 0 Å². The molecule has 0 spiro atoms. The second-order valence-corrected chi connectivity index (χ2v) is 5.09. The fourth-order valence-electron chi connectivity index (χ4n) is 2.45. The molecule has 1 aromatic rings. The molecule has 88 valence electrons. The molecule has 0 bridgehead atoms. The lowest BCUT2D eigenvalue weighted by Gasteiger charge is -2.18. The molecule has 2 heterocycles. The molecule has 2 aliphatic heterocycles. The average molecular weight is 267 g/mol. The van der Waals surface area contributed by atoms with Gasteiger partial charge in [-0.1, -0.05) is 11.6 Å². The third-order valence-electron chi connectivity index (χ3n) is 3.28. The minimum atomic E-state index is -0.0434. The quantitative estimate of drug-likeness (QED) is 0.730. The van der Waals surface area contributed by atoms with E-state index in [0.29, 0.717) is 10.1 Å². The summed E-state index contributed by atoms with van der Waals surface area (Å²) in [6.07, 6.45) is 1.95. The average Bonchev–Trinajstić information content (AvgIpc) is 2.87. The molecule has 2 fully saturated rings. The van der Waals surface area contributed by atoms with Crippen molar-refractivity contribution < 1.29 is 4.79 Å². The van der Waals surface area contributed by atoms with Gasteiger partial charge in [0.1, 0.15) is 6.04 Å². The fraction of sp³-hybridized carbons (Fsp3) is 0.333. The summed E-state index contributed by atoms with van der Waals surface area (Å²) < 4.78 is 0. The van der Waals surface area contributed by atoms with E-state index in [1.807, 2.05) is 17.0 Å². The van der Waals surface area contributed by atoms with Gasteiger partial charge in [0.2, 0.25) is 0 Å². The summed E-state index contributed by atoms with van der Waals surface area (Å²) in [5, 5.41) is 1.28. The first-order chi connectivity index (χ1) is 8.18. The van der Waals surface area contributed by atoms with E-state index in [9.17, 15) is 4.79 Å². The highest BCUT2D eigenvalue weighted by molar-refractivity contribution is 7.80. The fourth-order valence-corrected chi connectivity index (χ4v) is 2.99. The van der Waals surface area contributed by atoms with Gasteiger partial charge in [-0.25, -0.2) is 0 Å². The van der Waals surface area contributed by atoms with E-state index < -0.39 is 0 Å². The molecular weight excluding hydrogens is 256 g/mol. The van der Waals surface area contributed by atoms with Crippen LogP contribution < -0.4 is 4.90 Å². The SMILES string of the molecule is O=C1[C@H]2CCCN2C(=S)N1c1ccc(Cl)cc1. The predicted octanol–water partition coefficient (Wildman–Crippen LogP) is 2.44. The topological polar surface area (TPSA) is 23.6 Å². The molecule has 3 rings (SSSR count). The summed E-state index contributed by atoms with van der Waals surface area (Å²) in [6.45, 7) is 0.888. The Hall–Kier alpha value is -1.13. The molecule has 0 aromatic heterocycles. The van der Waals surface area contributed by atoms with E-state index >= 15 is 0 Å². The first-order valence-electron chi connectivity index (χ1n) is 5.58. The number of rotatable bonds is 1. The van der Waals surface area contributed by atoms with Crippen LogP contribution in [0.1, 0.15) is 12.8 Å². The molecular formula is C12H11ClN2OS. The van der Waals surface area contributed by atoms with E-state index in [4.69, 9.17) is 23.8 Å². The lowest BCUT2D eigenvalue weighted by Crippen LogP contribution is -2.32. The number of benzene rings is 1. The molecule has 0 N–H and O–H groups in total. The molecule has 0 aliphatic carbocycles. The van der Waals surface area contributed by atoms with Gasteiger partial charge < -0.3 is 4.90 Å². The van der Waals surface area contributed by atoms with Gasteiger partial charge >= 0.3 is 0 Å². The molecule has 5 heteroatoms. The molecule has 0 radical (unpaired) electrons. The molecule has 3 nitrogen and oxygen atoms in total. The number of carbonyl (C=O) groups excluding carboxylic acids is 1. The van der Waals surface area contributed by atoms with Gasteiger partial charge in [0.25, 0.3) is 5.91 Å². The summed E-state index contributed by atoms with van der Waals surface area (Å²) in [6, 6.07) is 7.16. The van der Waals surface area contributed by atoms with Crippen LogP contribution in [-0.4, -0.2) is 28.5 Å². The molecule has 2 saturated heterocycles. The Bertz CT molecular complexity index is 466. The monoisotopic (exact) mass is 266 g/mol. The first-order valence-corrected chi connectivity index (χ1v) is 6.37. The number of anilines is 1. The first kappa shape index (κ1) is 11.0. The van der Waals surface area contributed by atoms with Crippen molar-refractivity contribution in [2.24, 2.45) is 0 Å². The molecule has 1 atom stereocenters. The lowest BCUT2D eigenvalue weighted by atomic mass is 10.2. The normalized spacial score (nSPS) is 23.5. The second-order valence-electron chi connectivity index (χ2n) is 4.28. The van der Waals surface area contributed by atoms with Gasteiger partial charge in [0.15, 0.2) is 5.11 Å². The van der Waals surface area contributed by atoms with Crippen molar-refractivity contribution in [3.05, 3.63) is 29.3 Å². The van der Waals surface area contributed by atoms with Gasteiger partial charge in [-0.3, -0.25) is 9.69 Å². The van der Waals surface area contributed by atoms with Crippen molar-refractivity contribution >= 4 is 40.5 Å². The van der Waals surface area contributed by atoms with E-state index in [2.05, 4.69) is 0 Å². The van der Waals surface area contributed by atoms with Crippen LogP contribution in [0.4, 0.5) is 5.69 Å². The number of halogens is 1. The number of thiocarbonyl (C=S) groups is 1. The maximum atomic E-state index is 12.2. The third kappa shape index (κ3) is 1.63. The Morgan fingerprint density at radius 3 is 2.65 bits per heavy atom. The predicted molar refractivity (Wildman–Crippen MR) is 71.3 cm³/mol. The van der Waals surface area contributed by atoms with Gasteiger partial charge in [-0.2, -0.15) is 0 Å². The summed E-state index contributed by atoms with van der Waals surface area (Å²) in [7, 11) is 0. The van der Waals surface area contributed by atoms with Gasteiger partial charge in [0, 0.05) is 11.6 Å². The minimum absolute atomic E-state index is 0.0434. The van der Waals surface area contributed by atoms with Crippen LogP contribution in [-0.2, 0) is 4.79 Å². The van der Waals surface area contributed by atoms with E-state index in [0.717, 1.165) is 25.1 Å². The lowest BCUT2D eigenvalue weighted by molar-refractivity contribution is -0.119. The van der Waals surface area contributed by atoms with Crippen LogP contribution in [0.25, 0.3) is 0 Å². The Balaban J connectivity index is 1.96.